The summed E-state index contributed by atoms with van der Waals surface area (Å²) in [7, 11) is 0. The Kier molecular flexibility index (Phi) is 4.38. The Hall–Kier alpha value is -1.34. The van der Waals surface area contributed by atoms with Gasteiger partial charge in [-0.15, -0.1) is 0 Å². The molecule has 0 radical (unpaired) electrons. The van der Waals surface area contributed by atoms with Crippen LogP contribution in [0, 0.1) is 0 Å². The average Bonchev–Trinajstić information content (AvgIpc) is 2.40. The van der Waals surface area contributed by atoms with E-state index < -0.39 is 12.1 Å². The van der Waals surface area contributed by atoms with Gasteiger partial charge < -0.3 is 24.8 Å². The third-order valence-electron chi connectivity index (χ3n) is 3.18. The third kappa shape index (κ3) is 3.33. The number of nitrogens with zero attached hydrogens (tertiary/aromatic N) is 1. The van der Waals surface area contributed by atoms with Crippen molar-refractivity contribution >= 4 is 12.0 Å². The van der Waals surface area contributed by atoms with Gasteiger partial charge in [-0.1, -0.05) is 0 Å². The number of carbonyl (C=O) groups is 2. The van der Waals surface area contributed by atoms with Crippen LogP contribution in [0.5, 0.6) is 0 Å². The van der Waals surface area contributed by atoms with Crippen molar-refractivity contribution < 1.29 is 24.2 Å². The fourth-order valence-electron chi connectivity index (χ4n) is 2.09. The number of rotatable bonds is 2. The van der Waals surface area contributed by atoms with E-state index in [-0.39, 0.29) is 25.2 Å². The lowest BCUT2D eigenvalue weighted by Crippen LogP contribution is -2.54. The highest BCUT2D eigenvalue weighted by Crippen LogP contribution is 2.09. The van der Waals surface area contributed by atoms with Crippen molar-refractivity contribution in [2.24, 2.45) is 0 Å². The van der Waals surface area contributed by atoms with E-state index in [2.05, 4.69) is 5.32 Å². The van der Waals surface area contributed by atoms with Crippen LogP contribution >= 0.6 is 0 Å². The summed E-state index contributed by atoms with van der Waals surface area (Å²) in [4.78, 5) is 24.3. The first-order valence-corrected chi connectivity index (χ1v) is 6.14. The van der Waals surface area contributed by atoms with Crippen molar-refractivity contribution in [3.8, 4) is 0 Å². The van der Waals surface area contributed by atoms with E-state index in [1.807, 2.05) is 0 Å². The maximum Gasteiger partial charge on any atom is 0.334 e. The van der Waals surface area contributed by atoms with Crippen LogP contribution < -0.4 is 5.32 Å². The first-order valence-electron chi connectivity index (χ1n) is 6.14. The average molecular weight is 258 g/mol. The molecule has 7 nitrogen and oxygen atoms in total. The molecule has 2 aliphatic rings. The summed E-state index contributed by atoms with van der Waals surface area (Å²) in [5, 5.41) is 11.8. The monoisotopic (exact) mass is 258 g/mol. The van der Waals surface area contributed by atoms with Crippen molar-refractivity contribution in [1.29, 1.82) is 0 Å². The molecule has 2 fully saturated rings. The van der Waals surface area contributed by atoms with Gasteiger partial charge >= 0.3 is 12.0 Å². The number of carboxylic acids is 1. The second-order valence-corrected chi connectivity index (χ2v) is 4.48. The molecule has 18 heavy (non-hydrogen) atoms. The van der Waals surface area contributed by atoms with E-state index in [0.29, 0.717) is 19.8 Å². The number of amides is 2. The molecule has 2 saturated heterocycles. The maximum absolute atomic E-state index is 12.0. The SMILES string of the molecule is O=C(O)C1CN(C(=O)NC2CCOCC2)CCO1. The van der Waals surface area contributed by atoms with Gasteiger partial charge in [-0.3, -0.25) is 0 Å². The Balaban J connectivity index is 1.82. The zero-order valence-corrected chi connectivity index (χ0v) is 10.1. The standard InChI is InChI=1S/C11H18N2O5/c14-10(15)9-7-13(3-6-18-9)11(16)12-8-1-4-17-5-2-8/h8-9H,1-7H2,(H,12,16)(H,14,15). The predicted molar refractivity (Wildman–Crippen MR) is 61.3 cm³/mol. The molecule has 1 atom stereocenters. The van der Waals surface area contributed by atoms with Crippen molar-refractivity contribution in [2.75, 3.05) is 32.9 Å². The van der Waals surface area contributed by atoms with Gasteiger partial charge in [-0.2, -0.15) is 0 Å². The number of ether oxygens (including phenoxy) is 2. The Morgan fingerprint density at radius 1 is 1.22 bits per heavy atom. The lowest BCUT2D eigenvalue weighted by Gasteiger charge is -2.33. The van der Waals surface area contributed by atoms with Crippen molar-refractivity contribution in [3.63, 3.8) is 0 Å². The number of carboxylic acid groups (broad SMARTS) is 1. The summed E-state index contributed by atoms with van der Waals surface area (Å²) in [6.07, 6.45) is 0.691. The molecule has 2 rings (SSSR count). The number of carbonyl (C=O) groups excluding carboxylic acids is 1. The van der Waals surface area contributed by atoms with Gasteiger partial charge in [0.05, 0.1) is 13.2 Å². The molecule has 2 heterocycles. The summed E-state index contributed by atoms with van der Waals surface area (Å²) in [6.45, 7) is 2.11. The minimum atomic E-state index is -1.03. The van der Waals surface area contributed by atoms with E-state index in [9.17, 15) is 9.59 Å². The topological polar surface area (TPSA) is 88.1 Å². The predicted octanol–water partition coefficient (Wildman–Crippen LogP) is -0.340. The largest absolute Gasteiger partial charge is 0.479 e. The maximum atomic E-state index is 12.0. The van der Waals surface area contributed by atoms with Crippen LogP contribution in [0.4, 0.5) is 4.79 Å². The number of hydrogen-bond acceptors (Lipinski definition) is 4. The Labute approximate surface area is 105 Å². The quantitative estimate of drug-likeness (QED) is 0.707. The smallest absolute Gasteiger partial charge is 0.334 e. The van der Waals surface area contributed by atoms with Crippen LogP contribution in [0.3, 0.4) is 0 Å². The van der Waals surface area contributed by atoms with Gasteiger partial charge in [0.2, 0.25) is 0 Å². The van der Waals surface area contributed by atoms with Crippen molar-refractivity contribution in [2.45, 2.75) is 25.0 Å². The molecule has 2 aliphatic heterocycles. The van der Waals surface area contributed by atoms with Crippen LogP contribution in [-0.4, -0.2) is 67.1 Å². The van der Waals surface area contributed by atoms with Crippen LogP contribution in [0.25, 0.3) is 0 Å². The lowest BCUT2D eigenvalue weighted by molar-refractivity contribution is -0.154. The second-order valence-electron chi connectivity index (χ2n) is 4.48. The van der Waals surface area contributed by atoms with E-state index >= 15 is 0 Å². The molecule has 2 amide bonds. The molecule has 0 aromatic carbocycles. The summed E-state index contributed by atoms with van der Waals surface area (Å²) in [6, 6.07) is -0.0891. The first kappa shape index (κ1) is 13.1. The molecule has 0 aromatic rings. The Morgan fingerprint density at radius 2 is 1.94 bits per heavy atom. The van der Waals surface area contributed by atoms with Gasteiger partial charge in [0.25, 0.3) is 0 Å². The highest BCUT2D eigenvalue weighted by Gasteiger charge is 2.29. The molecule has 2 N–H and O–H groups in total. The van der Waals surface area contributed by atoms with Crippen LogP contribution in [-0.2, 0) is 14.3 Å². The molecule has 0 bridgehead atoms. The number of urea groups is 1. The van der Waals surface area contributed by atoms with E-state index in [1.54, 1.807) is 0 Å². The zero-order chi connectivity index (χ0) is 13.0. The molecule has 0 aliphatic carbocycles. The Bertz CT molecular complexity index is 317. The fraction of sp³-hybridized carbons (Fsp3) is 0.818. The summed E-state index contributed by atoms with van der Waals surface area (Å²) in [5.74, 6) is -1.03. The van der Waals surface area contributed by atoms with Gasteiger partial charge in [0, 0.05) is 25.8 Å². The number of morpholine rings is 1. The normalized spacial score (nSPS) is 25.8. The first-order chi connectivity index (χ1) is 8.66. The highest BCUT2D eigenvalue weighted by molar-refractivity contribution is 5.77. The van der Waals surface area contributed by atoms with E-state index in [4.69, 9.17) is 14.6 Å². The van der Waals surface area contributed by atoms with Gasteiger partial charge in [0.1, 0.15) is 0 Å². The Morgan fingerprint density at radius 3 is 2.61 bits per heavy atom. The van der Waals surface area contributed by atoms with Gasteiger partial charge in [0.15, 0.2) is 6.10 Å². The van der Waals surface area contributed by atoms with Crippen LogP contribution in [0.15, 0.2) is 0 Å². The molecule has 1 unspecified atom stereocenters. The number of nitrogens with one attached hydrogen (secondary N) is 1. The second kappa shape index (κ2) is 6.01. The minimum absolute atomic E-state index is 0.102. The van der Waals surface area contributed by atoms with Crippen LogP contribution in [0.1, 0.15) is 12.8 Å². The third-order valence-corrected chi connectivity index (χ3v) is 3.18. The van der Waals surface area contributed by atoms with Crippen molar-refractivity contribution in [1.82, 2.24) is 10.2 Å². The highest BCUT2D eigenvalue weighted by atomic mass is 16.5. The number of hydrogen-bond donors (Lipinski definition) is 2. The summed E-state index contributed by atoms with van der Waals surface area (Å²) in [5.41, 5.74) is 0. The molecular formula is C11H18N2O5. The van der Waals surface area contributed by atoms with E-state index in [1.165, 1.54) is 4.90 Å². The molecule has 0 spiro atoms. The lowest BCUT2D eigenvalue weighted by atomic mass is 10.1. The van der Waals surface area contributed by atoms with Crippen LogP contribution in [0.2, 0.25) is 0 Å². The molecular weight excluding hydrogens is 240 g/mol. The molecule has 7 heteroatoms. The molecule has 102 valence electrons. The minimum Gasteiger partial charge on any atom is -0.479 e. The zero-order valence-electron chi connectivity index (χ0n) is 10.1. The summed E-state index contributed by atoms with van der Waals surface area (Å²) >= 11 is 0. The number of aliphatic carboxylic acids is 1. The molecule has 0 aromatic heterocycles. The fourth-order valence-corrected chi connectivity index (χ4v) is 2.09. The van der Waals surface area contributed by atoms with Crippen molar-refractivity contribution in [3.05, 3.63) is 0 Å². The molecule has 0 saturated carbocycles. The van der Waals surface area contributed by atoms with Gasteiger partial charge in [-0.05, 0) is 12.8 Å². The van der Waals surface area contributed by atoms with E-state index in [0.717, 1.165) is 12.8 Å². The van der Waals surface area contributed by atoms with Gasteiger partial charge in [-0.25, -0.2) is 9.59 Å². The summed E-state index contributed by atoms with van der Waals surface area (Å²) < 4.78 is 10.3.